The lowest BCUT2D eigenvalue weighted by atomic mass is 10.0. The average Bonchev–Trinajstić information content (AvgIpc) is 2.65. The molecule has 1 rings (SSSR count). The van der Waals surface area contributed by atoms with Gasteiger partial charge in [-0.3, -0.25) is 5.32 Å². The summed E-state index contributed by atoms with van der Waals surface area (Å²) < 4.78 is 1.99. The molecule has 0 fully saturated rings. The van der Waals surface area contributed by atoms with Crippen molar-refractivity contribution < 1.29 is 0 Å². The van der Waals surface area contributed by atoms with E-state index in [0.29, 0.717) is 0 Å². The van der Waals surface area contributed by atoms with Crippen LogP contribution in [0.1, 0.15) is 20.3 Å². The summed E-state index contributed by atoms with van der Waals surface area (Å²) in [5.41, 5.74) is -0.424. The number of nitrogens with one attached hydrogen (secondary N) is 1. The Hall–Kier alpha value is -0.990. The summed E-state index contributed by atoms with van der Waals surface area (Å²) in [6.07, 6.45) is 4.53. The first-order chi connectivity index (χ1) is 7.61. The molecule has 5 heteroatoms. The van der Waals surface area contributed by atoms with Crippen molar-refractivity contribution in [1.29, 1.82) is 5.26 Å². The van der Waals surface area contributed by atoms with Gasteiger partial charge in [0, 0.05) is 25.2 Å². The molecule has 0 radical (unpaired) electrons. The number of rotatable bonds is 6. The molecular formula is C11H18N4S. The molecule has 0 aliphatic rings. The van der Waals surface area contributed by atoms with Crippen molar-refractivity contribution >= 4 is 11.8 Å². The third-order valence-electron chi connectivity index (χ3n) is 2.42. The highest BCUT2D eigenvalue weighted by atomic mass is 32.2. The molecule has 0 aliphatic heterocycles. The zero-order valence-corrected chi connectivity index (χ0v) is 10.8. The molecule has 16 heavy (non-hydrogen) atoms. The number of nitriles is 1. The van der Waals surface area contributed by atoms with Gasteiger partial charge in [-0.05, 0) is 19.9 Å². The van der Waals surface area contributed by atoms with Gasteiger partial charge in [0.1, 0.15) is 5.54 Å². The van der Waals surface area contributed by atoms with Gasteiger partial charge in [0.05, 0.1) is 6.07 Å². The van der Waals surface area contributed by atoms with Crippen LogP contribution in [0.5, 0.6) is 0 Å². The molecule has 1 aromatic rings. The van der Waals surface area contributed by atoms with Gasteiger partial charge in [0.2, 0.25) is 0 Å². The van der Waals surface area contributed by atoms with Crippen molar-refractivity contribution in [2.45, 2.75) is 31.0 Å². The van der Waals surface area contributed by atoms with E-state index < -0.39 is 5.54 Å². The van der Waals surface area contributed by atoms with Crippen LogP contribution in [0, 0.1) is 11.3 Å². The number of imidazole rings is 1. The molecular weight excluding hydrogens is 220 g/mol. The first-order valence-electron chi connectivity index (χ1n) is 5.37. The molecule has 0 amide bonds. The highest BCUT2D eigenvalue weighted by molar-refractivity contribution is 7.99. The number of hydrogen-bond donors (Lipinski definition) is 1. The molecule has 88 valence electrons. The van der Waals surface area contributed by atoms with Gasteiger partial charge in [-0.1, -0.05) is 18.7 Å². The average molecular weight is 238 g/mol. The SMILES string of the molecule is CCNC(C)(C#N)CCSc1nccn1C. The Morgan fingerprint density at radius 1 is 1.69 bits per heavy atom. The Bertz CT molecular complexity index is 368. The summed E-state index contributed by atoms with van der Waals surface area (Å²) in [7, 11) is 1.98. The second kappa shape index (κ2) is 5.92. The van der Waals surface area contributed by atoms with Crippen LogP contribution >= 0.6 is 11.8 Å². The summed E-state index contributed by atoms with van der Waals surface area (Å²) >= 11 is 1.68. The molecule has 0 spiro atoms. The minimum absolute atomic E-state index is 0.424. The van der Waals surface area contributed by atoms with Crippen molar-refractivity contribution in [2.75, 3.05) is 12.3 Å². The Morgan fingerprint density at radius 2 is 2.44 bits per heavy atom. The Morgan fingerprint density at radius 3 is 2.94 bits per heavy atom. The number of nitrogens with zero attached hydrogens (tertiary/aromatic N) is 3. The van der Waals surface area contributed by atoms with Crippen molar-refractivity contribution in [1.82, 2.24) is 14.9 Å². The molecule has 0 bridgehead atoms. The molecule has 0 saturated carbocycles. The molecule has 1 atom stereocenters. The predicted octanol–water partition coefficient (Wildman–Crippen LogP) is 1.79. The van der Waals surface area contributed by atoms with Crippen LogP contribution in [-0.2, 0) is 7.05 Å². The first-order valence-corrected chi connectivity index (χ1v) is 6.36. The number of thioether (sulfide) groups is 1. The van der Waals surface area contributed by atoms with Crippen LogP contribution in [-0.4, -0.2) is 27.4 Å². The molecule has 1 aromatic heterocycles. The minimum Gasteiger partial charge on any atom is -0.329 e. The molecule has 1 N–H and O–H groups in total. The van der Waals surface area contributed by atoms with E-state index in [-0.39, 0.29) is 0 Å². The lowest BCUT2D eigenvalue weighted by Crippen LogP contribution is -2.41. The van der Waals surface area contributed by atoms with E-state index in [4.69, 9.17) is 5.26 Å². The Balaban J connectivity index is 2.40. The van der Waals surface area contributed by atoms with Gasteiger partial charge >= 0.3 is 0 Å². The van der Waals surface area contributed by atoms with Crippen molar-refractivity contribution in [3.05, 3.63) is 12.4 Å². The molecule has 1 heterocycles. The molecule has 0 saturated heterocycles. The Kier molecular flexibility index (Phi) is 4.84. The predicted molar refractivity (Wildman–Crippen MR) is 66.2 cm³/mol. The largest absolute Gasteiger partial charge is 0.329 e. The van der Waals surface area contributed by atoms with Crippen molar-refractivity contribution in [3.63, 3.8) is 0 Å². The van der Waals surface area contributed by atoms with Gasteiger partial charge in [0.15, 0.2) is 5.16 Å². The summed E-state index contributed by atoms with van der Waals surface area (Å²) in [6, 6.07) is 2.32. The summed E-state index contributed by atoms with van der Waals surface area (Å²) in [4.78, 5) is 4.23. The van der Waals surface area contributed by atoms with E-state index in [9.17, 15) is 0 Å². The maximum Gasteiger partial charge on any atom is 0.167 e. The molecule has 0 aromatic carbocycles. The highest BCUT2D eigenvalue weighted by Gasteiger charge is 2.21. The second-order valence-electron chi connectivity index (χ2n) is 3.89. The van der Waals surface area contributed by atoms with Gasteiger partial charge in [-0.15, -0.1) is 0 Å². The normalized spacial score (nSPS) is 14.4. The molecule has 1 unspecified atom stereocenters. The highest BCUT2D eigenvalue weighted by Crippen LogP contribution is 2.19. The van der Waals surface area contributed by atoms with Crippen LogP contribution in [0.2, 0.25) is 0 Å². The lowest BCUT2D eigenvalue weighted by Gasteiger charge is -2.21. The van der Waals surface area contributed by atoms with Gasteiger partial charge < -0.3 is 4.57 Å². The topological polar surface area (TPSA) is 53.6 Å². The van der Waals surface area contributed by atoms with E-state index in [1.165, 1.54) is 0 Å². The zero-order chi connectivity index (χ0) is 12.0. The molecule has 4 nitrogen and oxygen atoms in total. The monoisotopic (exact) mass is 238 g/mol. The molecule has 0 aliphatic carbocycles. The third kappa shape index (κ3) is 3.54. The number of aromatic nitrogens is 2. The standard InChI is InChI=1S/C11H18N4S/c1-4-14-11(2,9-12)5-8-16-10-13-6-7-15(10)3/h6-7,14H,4-5,8H2,1-3H3. The fourth-order valence-corrected chi connectivity index (χ4v) is 2.50. The van der Waals surface area contributed by atoms with Gasteiger partial charge in [-0.2, -0.15) is 5.26 Å². The van der Waals surface area contributed by atoms with E-state index >= 15 is 0 Å². The quantitative estimate of drug-likeness (QED) is 0.768. The lowest BCUT2D eigenvalue weighted by molar-refractivity contribution is 0.450. The van der Waals surface area contributed by atoms with Crippen LogP contribution < -0.4 is 5.32 Å². The van der Waals surface area contributed by atoms with E-state index in [1.807, 2.05) is 31.7 Å². The minimum atomic E-state index is -0.424. The fourth-order valence-electron chi connectivity index (χ4n) is 1.41. The van der Waals surface area contributed by atoms with Crippen LogP contribution in [0.15, 0.2) is 17.6 Å². The van der Waals surface area contributed by atoms with Gasteiger partial charge in [0.25, 0.3) is 0 Å². The summed E-state index contributed by atoms with van der Waals surface area (Å²) in [5.74, 6) is 0.891. The van der Waals surface area contributed by atoms with E-state index in [1.54, 1.807) is 18.0 Å². The number of hydrogen-bond acceptors (Lipinski definition) is 4. The van der Waals surface area contributed by atoms with E-state index in [2.05, 4.69) is 16.4 Å². The van der Waals surface area contributed by atoms with Gasteiger partial charge in [-0.25, -0.2) is 4.98 Å². The van der Waals surface area contributed by atoms with E-state index in [0.717, 1.165) is 23.9 Å². The maximum atomic E-state index is 9.09. The van der Waals surface area contributed by atoms with Crippen LogP contribution in [0.4, 0.5) is 0 Å². The first kappa shape index (κ1) is 13.1. The Labute approximate surface area is 101 Å². The number of aryl methyl sites for hydroxylation is 1. The van der Waals surface area contributed by atoms with Crippen LogP contribution in [0.25, 0.3) is 0 Å². The summed E-state index contributed by atoms with van der Waals surface area (Å²) in [5, 5.41) is 13.3. The third-order valence-corrected chi connectivity index (χ3v) is 3.48. The zero-order valence-electron chi connectivity index (χ0n) is 10.0. The smallest absolute Gasteiger partial charge is 0.167 e. The maximum absolute atomic E-state index is 9.09. The second-order valence-corrected chi connectivity index (χ2v) is 4.96. The van der Waals surface area contributed by atoms with Crippen molar-refractivity contribution in [3.8, 4) is 6.07 Å². The van der Waals surface area contributed by atoms with Crippen molar-refractivity contribution in [2.24, 2.45) is 7.05 Å². The van der Waals surface area contributed by atoms with Crippen LogP contribution in [0.3, 0.4) is 0 Å². The fraction of sp³-hybridized carbons (Fsp3) is 0.636. The summed E-state index contributed by atoms with van der Waals surface area (Å²) in [6.45, 7) is 4.77.